The minimum Gasteiger partial charge on any atom is -0.304 e. The molecule has 0 saturated heterocycles. The van der Waals surface area contributed by atoms with Gasteiger partial charge in [0.15, 0.2) is 11.3 Å². The second-order valence-corrected chi connectivity index (χ2v) is 9.27. The molecule has 0 bridgehead atoms. The molecular formula is C28H22ClN5O. The quantitative estimate of drug-likeness (QED) is 0.327. The molecule has 0 saturated carbocycles. The number of benzene rings is 3. The van der Waals surface area contributed by atoms with E-state index in [2.05, 4.69) is 31.2 Å². The summed E-state index contributed by atoms with van der Waals surface area (Å²) in [6.07, 6.45) is 0. The maximum Gasteiger partial charge on any atom is 0.265 e. The number of hydrogen-bond donors (Lipinski definition) is 0. The number of nitrogens with zero attached hydrogens (tertiary/aromatic N) is 5. The summed E-state index contributed by atoms with van der Waals surface area (Å²) in [7, 11) is 0. The first-order valence-electron chi connectivity index (χ1n) is 11.4. The number of para-hydroxylation sites is 2. The van der Waals surface area contributed by atoms with E-state index in [0.29, 0.717) is 46.1 Å². The second kappa shape index (κ2) is 8.32. The Bertz CT molecular complexity index is 1780. The average molecular weight is 480 g/mol. The van der Waals surface area contributed by atoms with Gasteiger partial charge in [0.2, 0.25) is 0 Å². The Balaban J connectivity index is 1.63. The Morgan fingerprint density at radius 1 is 0.714 bits per heavy atom. The monoisotopic (exact) mass is 479 g/mol. The molecule has 0 radical (unpaired) electrons. The van der Waals surface area contributed by atoms with Gasteiger partial charge in [-0.2, -0.15) is 0 Å². The minimum atomic E-state index is -0.125. The SMILES string of the molecule is Cc1ccc(Cn2c3nc4ccccc4nc3c3c(=O)n(Cc4ccc(Cl)cc4)c(C)nc32)cc1. The lowest BCUT2D eigenvalue weighted by Crippen LogP contribution is -2.24. The van der Waals surface area contributed by atoms with E-state index in [9.17, 15) is 4.79 Å². The lowest BCUT2D eigenvalue weighted by Gasteiger charge is -2.11. The highest BCUT2D eigenvalue weighted by atomic mass is 35.5. The summed E-state index contributed by atoms with van der Waals surface area (Å²) in [5, 5.41) is 1.15. The highest BCUT2D eigenvalue weighted by Gasteiger charge is 2.21. The fourth-order valence-corrected chi connectivity index (χ4v) is 4.61. The fourth-order valence-electron chi connectivity index (χ4n) is 4.48. The first-order valence-corrected chi connectivity index (χ1v) is 11.8. The van der Waals surface area contributed by atoms with Gasteiger partial charge in [-0.05, 0) is 49.2 Å². The van der Waals surface area contributed by atoms with E-state index in [1.54, 1.807) is 4.57 Å². The Kier molecular flexibility index (Phi) is 5.11. The molecule has 0 aliphatic heterocycles. The highest BCUT2D eigenvalue weighted by molar-refractivity contribution is 6.30. The van der Waals surface area contributed by atoms with E-state index in [-0.39, 0.29) is 5.56 Å². The maximum atomic E-state index is 13.9. The number of rotatable bonds is 4. The van der Waals surface area contributed by atoms with E-state index >= 15 is 0 Å². The number of halogens is 1. The molecule has 6 aromatic rings. The van der Waals surface area contributed by atoms with E-state index in [0.717, 1.165) is 22.2 Å². The molecule has 35 heavy (non-hydrogen) atoms. The van der Waals surface area contributed by atoms with Crippen molar-refractivity contribution >= 4 is 44.8 Å². The Labute approximate surface area is 206 Å². The van der Waals surface area contributed by atoms with Crippen LogP contribution in [0.25, 0.3) is 33.2 Å². The van der Waals surface area contributed by atoms with Crippen molar-refractivity contribution in [2.75, 3.05) is 0 Å². The van der Waals surface area contributed by atoms with Crippen LogP contribution in [0.1, 0.15) is 22.5 Å². The van der Waals surface area contributed by atoms with Crippen LogP contribution in [0.5, 0.6) is 0 Å². The summed E-state index contributed by atoms with van der Waals surface area (Å²) in [5.41, 5.74) is 6.52. The van der Waals surface area contributed by atoms with Crippen LogP contribution in [-0.4, -0.2) is 24.1 Å². The van der Waals surface area contributed by atoms with Crippen LogP contribution in [-0.2, 0) is 13.1 Å². The largest absolute Gasteiger partial charge is 0.304 e. The molecule has 0 unspecified atom stereocenters. The Morgan fingerprint density at radius 3 is 2.00 bits per heavy atom. The smallest absolute Gasteiger partial charge is 0.265 e. The molecule has 0 atom stereocenters. The summed E-state index contributed by atoms with van der Waals surface area (Å²) >= 11 is 6.05. The van der Waals surface area contributed by atoms with Crippen molar-refractivity contribution in [2.45, 2.75) is 26.9 Å². The van der Waals surface area contributed by atoms with Crippen molar-refractivity contribution in [1.29, 1.82) is 0 Å². The predicted octanol–water partition coefficient (Wildman–Crippen LogP) is 5.66. The van der Waals surface area contributed by atoms with Crippen LogP contribution in [0.3, 0.4) is 0 Å². The summed E-state index contributed by atoms with van der Waals surface area (Å²) in [6.45, 7) is 4.87. The van der Waals surface area contributed by atoms with Gasteiger partial charge >= 0.3 is 0 Å². The summed E-state index contributed by atoms with van der Waals surface area (Å²) in [6, 6.07) is 23.6. The number of aromatic nitrogens is 5. The van der Waals surface area contributed by atoms with Gasteiger partial charge in [0.05, 0.1) is 24.1 Å². The maximum absolute atomic E-state index is 13.9. The van der Waals surface area contributed by atoms with E-state index < -0.39 is 0 Å². The zero-order chi connectivity index (χ0) is 24.1. The summed E-state index contributed by atoms with van der Waals surface area (Å²) < 4.78 is 3.70. The van der Waals surface area contributed by atoms with Crippen molar-refractivity contribution < 1.29 is 0 Å². The molecule has 0 aliphatic rings. The first kappa shape index (κ1) is 21.5. The average Bonchev–Trinajstić information content (AvgIpc) is 3.15. The van der Waals surface area contributed by atoms with Crippen molar-refractivity contribution in [3.05, 3.63) is 111 Å². The minimum absolute atomic E-state index is 0.125. The zero-order valence-electron chi connectivity index (χ0n) is 19.4. The lowest BCUT2D eigenvalue weighted by molar-refractivity contribution is 0.707. The van der Waals surface area contributed by atoms with Crippen molar-refractivity contribution in [2.24, 2.45) is 0 Å². The highest BCUT2D eigenvalue weighted by Crippen LogP contribution is 2.26. The molecule has 6 nitrogen and oxygen atoms in total. The van der Waals surface area contributed by atoms with Crippen LogP contribution in [0.2, 0.25) is 5.02 Å². The third kappa shape index (κ3) is 3.76. The standard InChI is InChI=1S/C28H22ClN5O/c1-17-7-9-19(10-8-17)16-34-26-24(25-27(34)32-23-6-4-3-5-22(23)31-25)28(35)33(18(2)30-26)15-20-11-13-21(29)14-12-20/h3-14H,15-16H2,1-2H3. The third-order valence-corrected chi connectivity index (χ3v) is 6.61. The van der Waals surface area contributed by atoms with Gasteiger partial charge in [-0.3, -0.25) is 9.36 Å². The summed E-state index contributed by atoms with van der Waals surface area (Å²) in [5.74, 6) is 0.634. The van der Waals surface area contributed by atoms with Crippen LogP contribution < -0.4 is 5.56 Å². The first-order chi connectivity index (χ1) is 17.0. The molecular weight excluding hydrogens is 458 g/mol. The number of fused-ring (bicyclic) bond motifs is 4. The molecule has 0 spiro atoms. The zero-order valence-corrected chi connectivity index (χ0v) is 20.1. The van der Waals surface area contributed by atoms with Gasteiger partial charge in [-0.15, -0.1) is 0 Å². The molecule has 0 aliphatic carbocycles. The van der Waals surface area contributed by atoms with Gasteiger partial charge in [0.25, 0.3) is 5.56 Å². The van der Waals surface area contributed by atoms with Gasteiger partial charge in [0, 0.05) is 5.02 Å². The molecule has 3 aromatic carbocycles. The Morgan fingerprint density at radius 2 is 1.31 bits per heavy atom. The van der Waals surface area contributed by atoms with E-state index in [1.165, 1.54) is 5.56 Å². The molecule has 0 fully saturated rings. The van der Waals surface area contributed by atoms with Crippen molar-refractivity contribution in [3.63, 3.8) is 0 Å². The van der Waals surface area contributed by atoms with Crippen LogP contribution in [0.15, 0.2) is 77.6 Å². The fraction of sp³-hybridized carbons (Fsp3) is 0.143. The van der Waals surface area contributed by atoms with Crippen molar-refractivity contribution in [1.82, 2.24) is 24.1 Å². The third-order valence-electron chi connectivity index (χ3n) is 6.36. The molecule has 7 heteroatoms. The molecule has 3 heterocycles. The van der Waals surface area contributed by atoms with Crippen LogP contribution in [0, 0.1) is 13.8 Å². The topological polar surface area (TPSA) is 65.6 Å². The molecule has 172 valence electrons. The molecule has 6 rings (SSSR count). The van der Waals surface area contributed by atoms with Gasteiger partial charge in [-0.1, -0.05) is 65.7 Å². The second-order valence-electron chi connectivity index (χ2n) is 8.83. The predicted molar refractivity (Wildman–Crippen MR) is 140 cm³/mol. The lowest BCUT2D eigenvalue weighted by atomic mass is 10.1. The van der Waals surface area contributed by atoms with E-state index in [1.807, 2.05) is 60.0 Å². The Hall–Kier alpha value is -4.03. The molecule has 0 amide bonds. The van der Waals surface area contributed by atoms with Gasteiger partial charge in [-0.25, -0.2) is 15.0 Å². The van der Waals surface area contributed by atoms with Crippen LogP contribution >= 0.6 is 11.6 Å². The number of aryl methyl sites for hydroxylation is 2. The van der Waals surface area contributed by atoms with E-state index in [4.69, 9.17) is 26.6 Å². The molecule has 3 aromatic heterocycles. The van der Waals surface area contributed by atoms with Crippen molar-refractivity contribution in [3.8, 4) is 0 Å². The number of hydrogen-bond acceptors (Lipinski definition) is 4. The van der Waals surface area contributed by atoms with Gasteiger partial charge in [0.1, 0.15) is 16.7 Å². The van der Waals surface area contributed by atoms with Gasteiger partial charge < -0.3 is 4.57 Å². The summed E-state index contributed by atoms with van der Waals surface area (Å²) in [4.78, 5) is 28.6. The molecule has 0 N–H and O–H groups in total. The normalized spacial score (nSPS) is 11.6. The van der Waals surface area contributed by atoms with Crippen LogP contribution in [0.4, 0.5) is 0 Å².